The fourth-order valence-corrected chi connectivity index (χ4v) is 3.82. The SMILES string of the molecule is CCNCc1ccc(C)c(S(=O)(=O)N(C)CCSC)c1. The molecule has 0 aliphatic rings. The van der Waals surface area contributed by atoms with Crippen LogP contribution in [0, 0.1) is 6.92 Å². The Morgan fingerprint density at radius 3 is 2.65 bits per heavy atom. The molecule has 0 saturated heterocycles. The number of rotatable bonds is 8. The first-order chi connectivity index (χ1) is 9.43. The Balaban J connectivity index is 3.03. The average Bonchev–Trinajstić information content (AvgIpc) is 2.43. The van der Waals surface area contributed by atoms with E-state index in [0.29, 0.717) is 18.0 Å². The number of aryl methyl sites for hydroxylation is 1. The topological polar surface area (TPSA) is 49.4 Å². The van der Waals surface area contributed by atoms with Crippen molar-refractivity contribution in [3.63, 3.8) is 0 Å². The maximum Gasteiger partial charge on any atom is 0.243 e. The zero-order valence-corrected chi connectivity index (χ0v) is 14.3. The molecule has 0 atom stereocenters. The number of hydrogen-bond donors (Lipinski definition) is 1. The smallest absolute Gasteiger partial charge is 0.243 e. The number of nitrogens with one attached hydrogen (secondary N) is 1. The summed E-state index contributed by atoms with van der Waals surface area (Å²) in [5, 5.41) is 3.21. The molecule has 4 nitrogen and oxygen atoms in total. The molecule has 1 N–H and O–H groups in total. The first-order valence-electron chi connectivity index (χ1n) is 6.69. The van der Waals surface area contributed by atoms with Crippen molar-refractivity contribution >= 4 is 21.8 Å². The molecule has 0 aliphatic heterocycles. The molecular formula is C14H24N2O2S2. The van der Waals surface area contributed by atoms with Crippen LogP contribution in [0.4, 0.5) is 0 Å². The zero-order valence-electron chi connectivity index (χ0n) is 12.6. The summed E-state index contributed by atoms with van der Waals surface area (Å²) >= 11 is 1.64. The van der Waals surface area contributed by atoms with Gasteiger partial charge in [-0.2, -0.15) is 11.8 Å². The molecule has 1 rings (SSSR count). The van der Waals surface area contributed by atoms with Crippen molar-refractivity contribution in [1.29, 1.82) is 0 Å². The van der Waals surface area contributed by atoms with Gasteiger partial charge in [0.2, 0.25) is 10.0 Å². The van der Waals surface area contributed by atoms with Gasteiger partial charge in [0.1, 0.15) is 0 Å². The fourth-order valence-electron chi connectivity index (χ4n) is 1.81. The van der Waals surface area contributed by atoms with Crippen LogP contribution in [0.2, 0.25) is 0 Å². The van der Waals surface area contributed by atoms with Gasteiger partial charge in [0.05, 0.1) is 4.90 Å². The minimum absolute atomic E-state index is 0.413. The molecule has 0 unspecified atom stereocenters. The highest BCUT2D eigenvalue weighted by Crippen LogP contribution is 2.20. The van der Waals surface area contributed by atoms with E-state index in [9.17, 15) is 8.42 Å². The molecular weight excluding hydrogens is 292 g/mol. The Labute approximate surface area is 127 Å². The minimum Gasteiger partial charge on any atom is -0.313 e. The maximum absolute atomic E-state index is 12.6. The highest BCUT2D eigenvalue weighted by atomic mass is 32.2. The standard InChI is InChI=1S/C14H24N2O2S2/c1-5-15-11-13-7-6-12(2)14(10-13)20(17,18)16(3)8-9-19-4/h6-7,10,15H,5,8-9,11H2,1-4H3. The van der Waals surface area contributed by atoms with Crippen LogP contribution in [-0.2, 0) is 16.6 Å². The van der Waals surface area contributed by atoms with Gasteiger partial charge in [-0.1, -0.05) is 19.1 Å². The molecule has 0 spiro atoms. The van der Waals surface area contributed by atoms with Gasteiger partial charge < -0.3 is 5.32 Å². The predicted molar refractivity (Wildman–Crippen MR) is 86.8 cm³/mol. The summed E-state index contributed by atoms with van der Waals surface area (Å²) in [5.41, 5.74) is 1.79. The Hall–Kier alpha value is -0.560. The monoisotopic (exact) mass is 316 g/mol. The van der Waals surface area contributed by atoms with E-state index >= 15 is 0 Å². The van der Waals surface area contributed by atoms with E-state index in [1.54, 1.807) is 24.9 Å². The van der Waals surface area contributed by atoms with Gasteiger partial charge in [-0.3, -0.25) is 0 Å². The molecule has 0 radical (unpaired) electrons. The molecule has 1 aromatic rings. The van der Waals surface area contributed by atoms with Gasteiger partial charge in [0.15, 0.2) is 0 Å². The normalized spacial score (nSPS) is 12.1. The van der Waals surface area contributed by atoms with Crippen molar-refractivity contribution in [3.8, 4) is 0 Å². The summed E-state index contributed by atoms with van der Waals surface area (Å²) < 4.78 is 26.6. The number of thioether (sulfide) groups is 1. The Morgan fingerprint density at radius 1 is 1.35 bits per heavy atom. The van der Waals surface area contributed by atoms with Crippen LogP contribution in [0.15, 0.2) is 23.1 Å². The first kappa shape index (κ1) is 17.5. The van der Waals surface area contributed by atoms with E-state index < -0.39 is 10.0 Å². The third kappa shape index (κ3) is 4.48. The lowest BCUT2D eigenvalue weighted by atomic mass is 10.1. The minimum atomic E-state index is -3.40. The number of sulfonamides is 1. The van der Waals surface area contributed by atoms with Crippen molar-refractivity contribution in [2.45, 2.75) is 25.3 Å². The third-order valence-electron chi connectivity index (χ3n) is 3.13. The van der Waals surface area contributed by atoms with Gasteiger partial charge in [0.25, 0.3) is 0 Å². The molecule has 0 aliphatic carbocycles. The van der Waals surface area contributed by atoms with Crippen LogP contribution < -0.4 is 5.32 Å². The van der Waals surface area contributed by atoms with E-state index in [1.807, 2.05) is 32.2 Å². The molecule has 0 heterocycles. The molecule has 0 bridgehead atoms. The van der Waals surface area contributed by atoms with Crippen LogP contribution in [0.1, 0.15) is 18.1 Å². The summed E-state index contributed by atoms with van der Waals surface area (Å²) in [5.74, 6) is 0.797. The van der Waals surface area contributed by atoms with Gasteiger partial charge in [-0.05, 0) is 36.9 Å². The summed E-state index contributed by atoms with van der Waals surface area (Å²) in [4.78, 5) is 0.413. The molecule has 1 aromatic carbocycles. The highest BCUT2D eigenvalue weighted by Gasteiger charge is 2.22. The molecule has 20 heavy (non-hydrogen) atoms. The molecule has 0 amide bonds. The number of benzene rings is 1. The Kier molecular flexibility index (Phi) is 7.02. The van der Waals surface area contributed by atoms with E-state index in [4.69, 9.17) is 0 Å². The lowest BCUT2D eigenvalue weighted by molar-refractivity contribution is 0.488. The molecule has 0 aromatic heterocycles. The summed E-state index contributed by atoms with van der Waals surface area (Å²) in [6, 6.07) is 5.63. The van der Waals surface area contributed by atoms with Gasteiger partial charge in [-0.15, -0.1) is 0 Å². The zero-order chi connectivity index (χ0) is 15.2. The number of hydrogen-bond acceptors (Lipinski definition) is 4. The molecule has 6 heteroatoms. The molecule has 0 fully saturated rings. The largest absolute Gasteiger partial charge is 0.313 e. The Morgan fingerprint density at radius 2 is 2.05 bits per heavy atom. The van der Waals surface area contributed by atoms with E-state index in [0.717, 1.165) is 23.4 Å². The van der Waals surface area contributed by atoms with Crippen LogP contribution in [0.5, 0.6) is 0 Å². The quantitative estimate of drug-likeness (QED) is 0.798. The van der Waals surface area contributed by atoms with Crippen LogP contribution in [-0.4, -0.2) is 44.9 Å². The van der Waals surface area contributed by atoms with E-state index in [-0.39, 0.29) is 0 Å². The second kappa shape index (κ2) is 8.02. The van der Waals surface area contributed by atoms with Crippen LogP contribution in [0.25, 0.3) is 0 Å². The molecule has 114 valence electrons. The summed E-state index contributed by atoms with van der Waals surface area (Å²) in [6.07, 6.45) is 1.97. The lowest BCUT2D eigenvalue weighted by Gasteiger charge is -2.18. The predicted octanol–water partition coefficient (Wildman–Crippen LogP) is 2.09. The highest BCUT2D eigenvalue weighted by molar-refractivity contribution is 7.98. The number of nitrogens with zero attached hydrogens (tertiary/aromatic N) is 1. The summed E-state index contributed by atoms with van der Waals surface area (Å²) in [7, 11) is -1.76. The van der Waals surface area contributed by atoms with Gasteiger partial charge >= 0.3 is 0 Å². The average molecular weight is 316 g/mol. The maximum atomic E-state index is 12.6. The van der Waals surface area contributed by atoms with Crippen molar-refractivity contribution in [1.82, 2.24) is 9.62 Å². The van der Waals surface area contributed by atoms with Crippen molar-refractivity contribution < 1.29 is 8.42 Å². The fraction of sp³-hybridized carbons (Fsp3) is 0.571. The Bertz CT molecular complexity index is 530. The van der Waals surface area contributed by atoms with Crippen molar-refractivity contribution in [2.75, 3.05) is 32.1 Å². The van der Waals surface area contributed by atoms with Crippen molar-refractivity contribution in [2.24, 2.45) is 0 Å². The van der Waals surface area contributed by atoms with E-state index in [2.05, 4.69) is 5.32 Å². The van der Waals surface area contributed by atoms with Gasteiger partial charge in [-0.25, -0.2) is 12.7 Å². The van der Waals surface area contributed by atoms with Gasteiger partial charge in [0, 0.05) is 25.9 Å². The summed E-state index contributed by atoms with van der Waals surface area (Å²) in [6.45, 7) is 5.95. The van der Waals surface area contributed by atoms with Crippen molar-refractivity contribution in [3.05, 3.63) is 29.3 Å². The van der Waals surface area contributed by atoms with Crippen LogP contribution >= 0.6 is 11.8 Å². The molecule has 0 saturated carbocycles. The lowest BCUT2D eigenvalue weighted by Crippen LogP contribution is -2.29. The second-order valence-electron chi connectivity index (χ2n) is 4.70. The first-order valence-corrected chi connectivity index (χ1v) is 9.52. The third-order valence-corrected chi connectivity index (χ3v) is 5.72. The van der Waals surface area contributed by atoms with E-state index in [1.165, 1.54) is 4.31 Å². The van der Waals surface area contributed by atoms with Crippen LogP contribution in [0.3, 0.4) is 0 Å². The second-order valence-corrected chi connectivity index (χ2v) is 7.70.